The summed E-state index contributed by atoms with van der Waals surface area (Å²) in [6.07, 6.45) is 1.53. The maximum Gasteiger partial charge on any atom is 0.279 e. The molecule has 1 aliphatic heterocycles. The molecule has 2 N–H and O–H groups in total. The van der Waals surface area contributed by atoms with Crippen LogP contribution >= 0.6 is 46.6 Å². The van der Waals surface area contributed by atoms with Crippen molar-refractivity contribution in [3.8, 4) is 5.75 Å². The van der Waals surface area contributed by atoms with Crippen LogP contribution in [0.4, 0.5) is 0 Å². The molecule has 9 heteroatoms. The monoisotopic (exact) mass is 426 g/mol. The molecule has 2 aromatic carbocycles. The van der Waals surface area contributed by atoms with E-state index in [-0.39, 0.29) is 21.0 Å². The predicted octanol–water partition coefficient (Wildman–Crippen LogP) is 4.75. The SMILES string of the molecule is O=C1NC(=NC(=O)c2ccc(Cl)cc2)S/C1=C\c1cc(Cl)c(O)c(Cl)c1. The smallest absolute Gasteiger partial charge is 0.279 e. The lowest BCUT2D eigenvalue weighted by Crippen LogP contribution is -2.20. The lowest BCUT2D eigenvalue weighted by molar-refractivity contribution is -0.115. The van der Waals surface area contributed by atoms with Crippen molar-refractivity contribution in [3.05, 3.63) is 67.5 Å². The molecule has 2 amide bonds. The normalized spacial score (nSPS) is 17.0. The third-order valence-corrected chi connectivity index (χ3v) is 5.02. The molecule has 1 aliphatic rings. The van der Waals surface area contributed by atoms with Gasteiger partial charge in [0.05, 0.1) is 15.0 Å². The van der Waals surface area contributed by atoms with E-state index in [9.17, 15) is 14.7 Å². The minimum Gasteiger partial charge on any atom is -0.505 e. The fourth-order valence-electron chi connectivity index (χ4n) is 2.05. The molecular weight excluding hydrogens is 419 g/mol. The van der Waals surface area contributed by atoms with Gasteiger partial charge in [0.25, 0.3) is 11.8 Å². The number of benzene rings is 2. The molecule has 132 valence electrons. The molecule has 0 atom stereocenters. The summed E-state index contributed by atoms with van der Waals surface area (Å²) in [5, 5.41) is 12.9. The summed E-state index contributed by atoms with van der Waals surface area (Å²) in [5.41, 5.74) is 0.881. The predicted molar refractivity (Wildman–Crippen MR) is 105 cm³/mol. The Bertz CT molecular complexity index is 949. The quantitative estimate of drug-likeness (QED) is 0.678. The van der Waals surface area contributed by atoms with Crippen molar-refractivity contribution in [1.82, 2.24) is 5.32 Å². The van der Waals surface area contributed by atoms with Gasteiger partial charge in [0.1, 0.15) is 0 Å². The molecule has 0 aliphatic carbocycles. The fourth-order valence-corrected chi connectivity index (χ4v) is 3.50. The Balaban J connectivity index is 1.82. The van der Waals surface area contributed by atoms with E-state index in [4.69, 9.17) is 34.8 Å². The number of halogens is 3. The average Bonchev–Trinajstić information content (AvgIpc) is 2.92. The standard InChI is InChI=1S/C17H9Cl3N2O3S/c18-10-3-1-9(2-4-10)15(24)21-17-22-16(25)13(26-17)7-8-5-11(19)14(23)12(20)6-8/h1-7,23H,(H,21,22,24,25)/b13-7-. The van der Waals surface area contributed by atoms with Crippen molar-refractivity contribution in [1.29, 1.82) is 0 Å². The molecule has 5 nitrogen and oxygen atoms in total. The Labute approximate surface area is 167 Å². The number of nitrogens with zero attached hydrogens (tertiary/aromatic N) is 1. The zero-order chi connectivity index (χ0) is 18.8. The largest absolute Gasteiger partial charge is 0.505 e. The molecule has 3 rings (SSSR count). The zero-order valence-electron chi connectivity index (χ0n) is 12.8. The lowest BCUT2D eigenvalue weighted by atomic mass is 10.2. The Morgan fingerprint density at radius 2 is 1.73 bits per heavy atom. The van der Waals surface area contributed by atoms with Crippen LogP contribution in [0.1, 0.15) is 15.9 Å². The summed E-state index contributed by atoms with van der Waals surface area (Å²) in [7, 11) is 0. The van der Waals surface area contributed by atoms with E-state index in [0.717, 1.165) is 11.8 Å². The molecule has 1 heterocycles. The first-order chi connectivity index (χ1) is 12.3. The number of hydrogen-bond donors (Lipinski definition) is 2. The van der Waals surface area contributed by atoms with E-state index in [1.165, 1.54) is 18.2 Å². The summed E-state index contributed by atoms with van der Waals surface area (Å²) in [6, 6.07) is 9.20. The van der Waals surface area contributed by atoms with E-state index >= 15 is 0 Å². The molecule has 0 saturated carbocycles. The van der Waals surface area contributed by atoms with Crippen LogP contribution in [-0.2, 0) is 4.79 Å². The summed E-state index contributed by atoms with van der Waals surface area (Å²) < 4.78 is 0. The van der Waals surface area contributed by atoms with E-state index in [1.807, 2.05) is 0 Å². The number of carbonyl (C=O) groups excluding carboxylic acids is 2. The van der Waals surface area contributed by atoms with Gasteiger partial charge >= 0.3 is 0 Å². The Morgan fingerprint density at radius 1 is 1.12 bits per heavy atom. The highest BCUT2D eigenvalue weighted by molar-refractivity contribution is 8.18. The third kappa shape index (κ3) is 4.22. The number of hydrogen-bond acceptors (Lipinski definition) is 4. The highest BCUT2D eigenvalue weighted by atomic mass is 35.5. The second-order valence-electron chi connectivity index (χ2n) is 5.13. The number of nitrogens with one attached hydrogen (secondary N) is 1. The zero-order valence-corrected chi connectivity index (χ0v) is 15.9. The molecular formula is C17H9Cl3N2O3S. The first-order valence-corrected chi connectivity index (χ1v) is 9.06. The second kappa shape index (κ2) is 7.72. The van der Waals surface area contributed by atoms with Crippen LogP contribution in [0.5, 0.6) is 5.75 Å². The molecule has 2 aromatic rings. The Kier molecular flexibility index (Phi) is 5.58. The minimum atomic E-state index is -0.499. The number of carbonyl (C=O) groups is 2. The average molecular weight is 428 g/mol. The highest BCUT2D eigenvalue weighted by Crippen LogP contribution is 2.34. The van der Waals surface area contributed by atoms with E-state index in [0.29, 0.717) is 21.1 Å². The van der Waals surface area contributed by atoms with Gasteiger partial charge in [0.2, 0.25) is 0 Å². The molecule has 0 radical (unpaired) electrons. The molecule has 0 aromatic heterocycles. The third-order valence-electron chi connectivity index (χ3n) is 3.28. The number of aromatic hydroxyl groups is 1. The minimum absolute atomic E-state index is 0.0690. The number of rotatable bonds is 2. The van der Waals surface area contributed by atoms with Gasteiger partial charge in [-0.2, -0.15) is 4.99 Å². The van der Waals surface area contributed by atoms with Gasteiger partial charge in [0, 0.05) is 10.6 Å². The maximum absolute atomic E-state index is 12.1. The number of amidine groups is 1. The maximum atomic E-state index is 12.1. The molecule has 0 spiro atoms. The summed E-state index contributed by atoms with van der Waals surface area (Å²) in [5.74, 6) is -1.13. The van der Waals surface area contributed by atoms with Crippen molar-refractivity contribution in [3.63, 3.8) is 0 Å². The lowest BCUT2D eigenvalue weighted by Gasteiger charge is -2.02. The number of phenolic OH excluding ortho intramolecular Hbond substituents is 1. The molecule has 26 heavy (non-hydrogen) atoms. The van der Waals surface area contributed by atoms with Crippen molar-refractivity contribution in [2.24, 2.45) is 4.99 Å². The summed E-state index contributed by atoms with van der Waals surface area (Å²) in [6.45, 7) is 0. The van der Waals surface area contributed by atoms with Gasteiger partial charge in [-0.25, -0.2) is 0 Å². The number of thioether (sulfide) groups is 1. The van der Waals surface area contributed by atoms with Gasteiger partial charge in [0.15, 0.2) is 10.9 Å². The van der Waals surface area contributed by atoms with Crippen LogP contribution < -0.4 is 5.32 Å². The van der Waals surface area contributed by atoms with Crippen LogP contribution in [0.3, 0.4) is 0 Å². The van der Waals surface area contributed by atoms with E-state index < -0.39 is 11.8 Å². The van der Waals surface area contributed by atoms with Crippen molar-refractivity contribution >= 4 is 69.6 Å². The van der Waals surface area contributed by atoms with Crippen molar-refractivity contribution in [2.75, 3.05) is 0 Å². The van der Waals surface area contributed by atoms with Crippen LogP contribution in [-0.4, -0.2) is 22.1 Å². The topological polar surface area (TPSA) is 78.8 Å². The number of amides is 2. The van der Waals surface area contributed by atoms with Crippen LogP contribution in [0.15, 0.2) is 46.3 Å². The first kappa shape index (κ1) is 18.8. The molecule has 1 fully saturated rings. The second-order valence-corrected chi connectivity index (χ2v) is 7.41. The highest BCUT2D eigenvalue weighted by Gasteiger charge is 2.25. The first-order valence-electron chi connectivity index (χ1n) is 7.11. The van der Waals surface area contributed by atoms with E-state index in [1.54, 1.807) is 24.3 Å². The molecule has 0 unspecified atom stereocenters. The number of aliphatic imine (C=N–C) groups is 1. The van der Waals surface area contributed by atoms with Gasteiger partial charge in [-0.3, -0.25) is 9.59 Å². The van der Waals surface area contributed by atoms with E-state index in [2.05, 4.69) is 10.3 Å². The molecule has 1 saturated heterocycles. The fraction of sp³-hybridized carbons (Fsp3) is 0. The van der Waals surface area contributed by atoms with Crippen LogP contribution in [0.25, 0.3) is 6.08 Å². The number of phenols is 1. The van der Waals surface area contributed by atoms with Gasteiger partial charge < -0.3 is 10.4 Å². The summed E-state index contributed by atoms with van der Waals surface area (Å²) in [4.78, 5) is 28.4. The van der Waals surface area contributed by atoms with Crippen LogP contribution in [0.2, 0.25) is 15.1 Å². The van der Waals surface area contributed by atoms with Gasteiger partial charge in [-0.05, 0) is 59.8 Å². The Hall–Kier alpha value is -1.99. The van der Waals surface area contributed by atoms with Crippen LogP contribution in [0, 0.1) is 0 Å². The van der Waals surface area contributed by atoms with Crippen molar-refractivity contribution < 1.29 is 14.7 Å². The summed E-state index contributed by atoms with van der Waals surface area (Å²) >= 11 is 18.5. The van der Waals surface area contributed by atoms with Gasteiger partial charge in [-0.1, -0.05) is 34.8 Å². The van der Waals surface area contributed by atoms with Gasteiger partial charge in [-0.15, -0.1) is 0 Å². The molecule has 0 bridgehead atoms. The Morgan fingerprint density at radius 3 is 2.35 bits per heavy atom. The van der Waals surface area contributed by atoms with Crippen molar-refractivity contribution in [2.45, 2.75) is 0 Å².